The highest BCUT2D eigenvalue weighted by molar-refractivity contribution is 5.98. The van der Waals surface area contributed by atoms with E-state index in [4.69, 9.17) is 9.47 Å². The molecule has 3 aromatic heterocycles. The molecule has 1 saturated heterocycles. The highest BCUT2D eigenvalue weighted by atomic mass is 16.5. The van der Waals surface area contributed by atoms with Crippen LogP contribution in [0.1, 0.15) is 36.7 Å². The van der Waals surface area contributed by atoms with Crippen molar-refractivity contribution in [3.63, 3.8) is 0 Å². The van der Waals surface area contributed by atoms with Gasteiger partial charge in [0.05, 0.1) is 24.6 Å². The van der Waals surface area contributed by atoms with Crippen molar-refractivity contribution in [3.8, 4) is 17.1 Å². The van der Waals surface area contributed by atoms with Crippen LogP contribution in [0.3, 0.4) is 0 Å². The maximum absolute atomic E-state index is 13.0. The van der Waals surface area contributed by atoms with Crippen LogP contribution in [0.15, 0.2) is 54.9 Å². The topological polar surface area (TPSA) is 105 Å². The summed E-state index contributed by atoms with van der Waals surface area (Å²) in [4.78, 5) is 31.5. The molecule has 0 bridgehead atoms. The summed E-state index contributed by atoms with van der Waals surface area (Å²) in [5, 5.41) is 4.20. The summed E-state index contributed by atoms with van der Waals surface area (Å²) in [5.74, 6) is 1.23. The average Bonchev–Trinajstić information content (AvgIpc) is 3.13. The number of hydrogen-bond donors (Lipinski definition) is 2. The minimum absolute atomic E-state index is 0.00403. The van der Waals surface area contributed by atoms with Crippen molar-refractivity contribution in [1.29, 1.82) is 0 Å². The van der Waals surface area contributed by atoms with Crippen LogP contribution < -0.4 is 10.1 Å². The Morgan fingerprint density at radius 1 is 1.08 bits per heavy atom. The molecule has 2 N–H and O–H groups in total. The Labute approximate surface area is 209 Å². The Bertz CT molecular complexity index is 1330. The smallest absolute Gasteiger partial charge is 0.270 e. The second kappa shape index (κ2) is 11.2. The summed E-state index contributed by atoms with van der Waals surface area (Å²) in [6.45, 7) is 5.40. The molecule has 5 rings (SSSR count). The highest BCUT2D eigenvalue weighted by Crippen LogP contribution is 2.25. The molecule has 36 heavy (non-hydrogen) atoms. The van der Waals surface area contributed by atoms with E-state index in [1.54, 1.807) is 12.4 Å². The van der Waals surface area contributed by atoms with E-state index < -0.39 is 0 Å². The van der Waals surface area contributed by atoms with Gasteiger partial charge in [0.2, 0.25) is 5.95 Å². The second-order valence-corrected chi connectivity index (χ2v) is 8.71. The maximum atomic E-state index is 13.0. The molecule has 1 aliphatic rings. The van der Waals surface area contributed by atoms with E-state index >= 15 is 0 Å². The number of anilines is 2. The molecule has 4 heterocycles. The molecule has 1 aliphatic heterocycles. The van der Waals surface area contributed by atoms with Crippen molar-refractivity contribution in [2.24, 2.45) is 0 Å². The van der Waals surface area contributed by atoms with Crippen molar-refractivity contribution < 1.29 is 14.3 Å². The van der Waals surface area contributed by atoms with Gasteiger partial charge in [-0.15, -0.1) is 0 Å². The van der Waals surface area contributed by atoms with Gasteiger partial charge in [0.15, 0.2) is 0 Å². The van der Waals surface area contributed by atoms with Crippen LogP contribution in [0.25, 0.3) is 22.3 Å². The number of pyridine rings is 1. The number of aromatic nitrogens is 4. The van der Waals surface area contributed by atoms with Gasteiger partial charge in [0.1, 0.15) is 11.4 Å². The Morgan fingerprint density at radius 3 is 2.92 bits per heavy atom. The molecule has 1 fully saturated rings. The molecule has 1 amide bonds. The van der Waals surface area contributed by atoms with Gasteiger partial charge in [-0.2, -0.15) is 0 Å². The lowest BCUT2D eigenvalue weighted by Crippen LogP contribution is -2.33. The van der Waals surface area contributed by atoms with Crippen LogP contribution in [0, 0.1) is 0 Å². The number of H-pyrrole nitrogens is 1. The van der Waals surface area contributed by atoms with Crippen LogP contribution in [-0.2, 0) is 4.74 Å². The Hall–Kier alpha value is -3.98. The van der Waals surface area contributed by atoms with Gasteiger partial charge in [0.25, 0.3) is 5.91 Å². The first-order chi connectivity index (χ1) is 17.7. The third-order valence-corrected chi connectivity index (χ3v) is 6.03. The molecule has 0 aliphatic carbocycles. The Kier molecular flexibility index (Phi) is 7.37. The number of amides is 1. The number of benzene rings is 1. The zero-order valence-electron chi connectivity index (χ0n) is 20.4. The summed E-state index contributed by atoms with van der Waals surface area (Å²) in [6.07, 6.45) is 6.37. The summed E-state index contributed by atoms with van der Waals surface area (Å²) < 4.78 is 11.3. The van der Waals surface area contributed by atoms with Crippen molar-refractivity contribution in [3.05, 3.63) is 60.6 Å². The number of unbranched alkanes of at least 4 members (excludes halogenated alkanes) is 1. The van der Waals surface area contributed by atoms with Crippen molar-refractivity contribution in [1.82, 2.24) is 24.8 Å². The number of fused-ring (bicyclic) bond motifs is 1. The minimum Gasteiger partial charge on any atom is -0.493 e. The van der Waals surface area contributed by atoms with Gasteiger partial charge < -0.3 is 24.7 Å². The summed E-state index contributed by atoms with van der Waals surface area (Å²) in [7, 11) is 0. The first-order valence-corrected chi connectivity index (χ1v) is 12.4. The Morgan fingerprint density at radius 2 is 2.00 bits per heavy atom. The van der Waals surface area contributed by atoms with Gasteiger partial charge in [-0.25, -0.2) is 9.97 Å². The number of nitrogens with one attached hydrogen (secondary N) is 2. The lowest BCUT2D eigenvalue weighted by atomic mass is 10.2. The SMILES string of the molecule is CCCCOc1ccnc(-c2ccnc(Nc3ccc4[nH]c(C(=O)N5CCCOCC5)cc4c3)n2)c1. The van der Waals surface area contributed by atoms with Gasteiger partial charge in [0, 0.05) is 54.7 Å². The van der Waals surface area contributed by atoms with Crippen LogP contribution in [-0.4, -0.2) is 63.7 Å². The Balaban J connectivity index is 1.31. The zero-order chi connectivity index (χ0) is 24.7. The van der Waals surface area contributed by atoms with E-state index in [1.165, 1.54) is 0 Å². The van der Waals surface area contributed by atoms with E-state index in [2.05, 4.69) is 32.2 Å². The van der Waals surface area contributed by atoms with Gasteiger partial charge >= 0.3 is 0 Å². The first kappa shape index (κ1) is 23.7. The number of ether oxygens (including phenoxy) is 2. The van der Waals surface area contributed by atoms with E-state index in [-0.39, 0.29) is 5.91 Å². The van der Waals surface area contributed by atoms with Crippen LogP contribution >= 0.6 is 0 Å². The number of carbonyl (C=O) groups is 1. The van der Waals surface area contributed by atoms with Gasteiger partial charge in [-0.05, 0) is 49.2 Å². The molecular weight excluding hydrogens is 456 g/mol. The monoisotopic (exact) mass is 486 g/mol. The fourth-order valence-electron chi connectivity index (χ4n) is 4.11. The molecule has 9 nitrogen and oxygen atoms in total. The largest absolute Gasteiger partial charge is 0.493 e. The first-order valence-electron chi connectivity index (χ1n) is 12.4. The molecule has 186 valence electrons. The van der Waals surface area contributed by atoms with E-state index in [1.807, 2.05) is 47.4 Å². The summed E-state index contributed by atoms with van der Waals surface area (Å²) >= 11 is 0. The quantitative estimate of drug-likeness (QED) is 0.345. The number of rotatable bonds is 8. The number of nitrogens with zero attached hydrogens (tertiary/aromatic N) is 4. The normalized spacial score (nSPS) is 14.0. The predicted molar refractivity (Wildman–Crippen MR) is 139 cm³/mol. The van der Waals surface area contributed by atoms with E-state index in [0.29, 0.717) is 50.2 Å². The van der Waals surface area contributed by atoms with E-state index in [9.17, 15) is 4.79 Å². The van der Waals surface area contributed by atoms with Crippen molar-refractivity contribution >= 4 is 28.4 Å². The second-order valence-electron chi connectivity index (χ2n) is 8.71. The van der Waals surface area contributed by atoms with E-state index in [0.717, 1.165) is 47.3 Å². The standard InChI is InChI=1S/C27H30N6O3/c1-2-3-14-36-21-7-9-28-24(18-21)23-8-10-29-27(32-23)30-20-5-6-22-19(16-20)17-25(31-22)26(34)33-11-4-13-35-15-12-33/h5-10,16-18,31H,2-4,11-15H2,1H3,(H,29,30,32). The van der Waals surface area contributed by atoms with Crippen molar-refractivity contribution in [2.45, 2.75) is 26.2 Å². The molecule has 0 saturated carbocycles. The molecule has 0 unspecified atom stereocenters. The molecule has 1 aromatic carbocycles. The third-order valence-electron chi connectivity index (χ3n) is 6.03. The highest BCUT2D eigenvalue weighted by Gasteiger charge is 2.19. The number of hydrogen-bond acceptors (Lipinski definition) is 7. The third kappa shape index (κ3) is 5.63. The number of carbonyl (C=O) groups excluding carboxylic acids is 1. The van der Waals surface area contributed by atoms with Gasteiger partial charge in [-0.3, -0.25) is 9.78 Å². The number of aromatic amines is 1. The molecule has 0 radical (unpaired) electrons. The molecular formula is C27H30N6O3. The maximum Gasteiger partial charge on any atom is 0.270 e. The molecule has 4 aromatic rings. The zero-order valence-corrected chi connectivity index (χ0v) is 20.4. The van der Waals surface area contributed by atoms with Crippen LogP contribution in [0.4, 0.5) is 11.6 Å². The predicted octanol–water partition coefficient (Wildman–Crippen LogP) is 4.80. The fraction of sp³-hybridized carbons (Fsp3) is 0.333. The van der Waals surface area contributed by atoms with Gasteiger partial charge in [-0.1, -0.05) is 13.3 Å². The average molecular weight is 487 g/mol. The molecule has 9 heteroatoms. The molecule has 0 atom stereocenters. The van der Waals surface area contributed by atoms with Crippen molar-refractivity contribution in [2.75, 3.05) is 38.2 Å². The van der Waals surface area contributed by atoms with Crippen LogP contribution in [0.2, 0.25) is 0 Å². The lowest BCUT2D eigenvalue weighted by molar-refractivity contribution is 0.0736. The summed E-state index contributed by atoms with van der Waals surface area (Å²) in [5.41, 5.74) is 3.72. The lowest BCUT2D eigenvalue weighted by Gasteiger charge is -2.18. The fourth-order valence-corrected chi connectivity index (χ4v) is 4.11. The molecule has 0 spiro atoms. The van der Waals surface area contributed by atoms with Crippen LogP contribution in [0.5, 0.6) is 5.75 Å². The summed E-state index contributed by atoms with van der Waals surface area (Å²) in [6, 6.07) is 13.3. The minimum atomic E-state index is -0.00403.